The number of likely N-dealkylation sites (N-methyl/N-ethyl adjacent to an activating group) is 1. The van der Waals surface area contributed by atoms with Crippen molar-refractivity contribution in [2.24, 2.45) is 4.99 Å². The first kappa shape index (κ1) is 22.6. The average Bonchev–Trinajstić information content (AvgIpc) is 3.20. The normalized spacial score (nSPS) is 20.5. The number of ether oxygens (including phenoxy) is 1. The smallest absolute Gasteiger partial charge is 0.243 e. The minimum Gasteiger partial charge on any atom is -0.376 e. The van der Waals surface area contributed by atoms with E-state index in [4.69, 9.17) is 4.74 Å². The Kier molecular flexibility index (Phi) is 9.21. The molecule has 0 saturated carbocycles. The number of rotatable bonds is 8. The lowest BCUT2D eigenvalue weighted by molar-refractivity contribution is -0.127. The second kappa shape index (κ2) is 11.4. The summed E-state index contributed by atoms with van der Waals surface area (Å²) in [7, 11) is 3.50. The molecule has 1 aromatic heterocycles. The Labute approximate surface area is 173 Å². The molecular weight excluding hydrogens is 374 g/mol. The van der Waals surface area contributed by atoms with E-state index in [0.29, 0.717) is 5.96 Å². The quantitative estimate of drug-likeness (QED) is 0.507. The molecule has 3 unspecified atom stereocenters. The first-order valence-electron chi connectivity index (χ1n) is 10.0. The largest absolute Gasteiger partial charge is 0.376 e. The van der Waals surface area contributed by atoms with Crippen molar-refractivity contribution in [1.29, 1.82) is 0 Å². The van der Waals surface area contributed by atoms with E-state index in [1.807, 2.05) is 0 Å². The summed E-state index contributed by atoms with van der Waals surface area (Å²) in [5.74, 6) is 0.675. The van der Waals surface area contributed by atoms with Gasteiger partial charge < -0.3 is 20.3 Å². The highest BCUT2D eigenvalue weighted by molar-refractivity contribution is 7.10. The number of thiophene rings is 1. The Morgan fingerprint density at radius 2 is 2.29 bits per heavy atom. The van der Waals surface area contributed by atoms with Gasteiger partial charge in [0.1, 0.15) is 6.54 Å². The molecule has 3 atom stereocenters. The number of aliphatic imine (C=N–C) groups is 1. The van der Waals surface area contributed by atoms with Crippen molar-refractivity contribution in [3.8, 4) is 0 Å². The second-order valence-electron chi connectivity index (χ2n) is 7.50. The van der Waals surface area contributed by atoms with Gasteiger partial charge in [-0.05, 0) is 31.7 Å². The molecule has 1 saturated heterocycles. The van der Waals surface area contributed by atoms with Crippen molar-refractivity contribution in [3.05, 3.63) is 22.4 Å². The monoisotopic (exact) mass is 409 g/mol. The Morgan fingerprint density at radius 1 is 1.50 bits per heavy atom. The molecule has 158 valence electrons. The van der Waals surface area contributed by atoms with Gasteiger partial charge in [0.2, 0.25) is 5.91 Å². The van der Waals surface area contributed by atoms with Crippen molar-refractivity contribution < 1.29 is 9.53 Å². The van der Waals surface area contributed by atoms with Gasteiger partial charge >= 0.3 is 0 Å². The van der Waals surface area contributed by atoms with Crippen molar-refractivity contribution in [2.75, 3.05) is 46.9 Å². The zero-order chi connectivity index (χ0) is 20.5. The molecule has 2 N–H and O–H groups in total. The molecule has 1 aromatic rings. The van der Waals surface area contributed by atoms with E-state index < -0.39 is 0 Å². The number of carbonyl (C=O) groups excluding carboxylic acids is 1. The van der Waals surface area contributed by atoms with E-state index in [-0.39, 0.29) is 30.6 Å². The van der Waals surface area contributed by atoms with Gasteiger partial charge in [0.15, 0.2) is 5.96 Å². The van der Waals surface area contributed by atoms with E-state index in [1.165, 1.54) is 4.88 Å². The highest BCUT2D eigenvalue weighted by Crippen LogP contribution is 2.26. The Morgan fingerprint density at radius 3 is 2.89 bits per heavy atom. The fourth-order valence-electron chi connectivity index (χ4n) is 2.99. The summed E-state index contributed by atoms with van der Waals surface area (Å²) in [6, 6.07) is 4.81. The molecule has 0 aliphatic carbocycles. The van der Waals surface area contributed by atoms with Gasteiger partial charge in [0, 0.05) is 44.6 Å². The molecule has 28 heavy (non-hydrogen) atoms. The van der Waals surface area contributed by atoms with Gasteiger partial charge in [-0.25, -0.2) is 4.99 Å². The van der Waals surface area contributed by atoms with Gasteiger partial charge in [-0.3, -0.25) is 9.69 Å². The molecule has 0 bridgehead atoms. The van der Waals surface area contributed by atoms with E-state index >= 15 is 0 Å². The number of hydrogen-bond donors (Lipinski definition) is 2. The number of hydrogen-bond acceptors (Lipinski definition) is 5. The average molecular weight is 410 g/mol. The highest BCUT2D eigenvalue weighted by atomic mass is 32.1. The van der Waals surface area contributed by atoms with E-state index in [1.54, 1.807) is 30.3 Å². The summed E-state index contributed by atoms with van der Waals surface area (Å²) in [5.41, 5.74) is 0. The van der Waals surface area contributed by atoms with Crippen molar-refractivity contribution >= 4 is 23.2 Å². The van der Waals surface area contributed by atoms with Crippen LogP contribution in [0.1, 0.15) is 38.1 Å². The maximum atomic E-state index is 12.0. The molecule has 0 spiro atoms. The van der Waals surface area contributed by atoms with E-state index in [0.717, 1.165) is 32.7 Å². The van der Waals surface area contributed by atoms with Gasteiger partial charge in [0.05, 0.1) is 18.8 Å². The molecule has 0 aromatic carbocycles. The molecule has 1 amide bonds. The predicted octanol–water partition coefficient (Wildman–Crippen LogP) is 1.93. The van der Waals surface area contributed by atoms with Crippen molar-refractivity contribution in [1.82, 2.24) is 20.4 Å². The van der Waals surface area contributed by atoms with Crippen molar-refractivity contribution in [3.63, 3.8) is 0 Å². The Balaban J connectivity index is 2.08. The number of amides is 1. The molecule has 2 heterocycles. The van der Waals surface area contributed by atoms with Crippen LogP contribution in [0, 0.1) is 0 Å². The molecule has 8 heteroatoms. The molecule has 0 radical (unpaired) electrons. The standard InChI is InChI=1S/C20H35N5O2S/c1-6-15(2)23-20(22-13-19(26)24(4)5)21-12-17(18-8-7-11-28-18)25-9-10-27-16(3)14-25/h7-8,11,15-17H,6,9-10,12-14H2,1-5H3,(H2,21,22,23). The molecule has 1 aliphatic rings. The second-order valence-corrected chi connectivity index (χ2v) is 8.47. The van der Waals surface area contributed by atoms with Gasteiger partial charge in [-0.1, -0.05) is 13.0 Å². The van der Waals surface area contributed by atoms with E-state index in [2.05, 4.69) is 58.8 Å². The minimum atomic E-state index is -0.0120. The summed E-state index contributed by atoms with van der Waals surface area (Å²) < 4.78 is 5.72. The van der Waals surface area contributed by atoms with Crippen LogP contribution in [-0.4, -0.2) is 80.7 Å². The summed E-state index contributed by atoms with van der Waals surface area (Å²) in [6.07, 6.45) is 1.22. The summed E-state index contributed by atoms with van der Waals surface area (Å²) in [5, 5.41) is 8.99. The minimum absolute atomic E-state index is 0.0120. The van der Waals surface area contributed by atoms with Crippen LogP contribution < -0.4 is 10.6 Å². The van der Waals surface area contributed by atoms with Crippen LogP contribution in [0.5, 0.6) is 0 Å². The van der Waals surface area contributed by atoms with Crippen LogP contribution in [0.3, 0.4) is 0 Å². The lowest BCUT2D eigenvalue weighted by atomic mass is 10.1. The SMILES string of the molecule is CCC(C)NC(=NCC(=O)N(C)C)NCC(c1cccs1)N1CCOC(C)C1. The Hall–Kier alpha value is -1.64. The Bertz CT molecular complexity index is 620. The van der Waals surface area contributed by atoms with Crippen LogP contribution in [0.15, 0.2) is 22.5 Å². The molecule has 1 fully saturated rings. The zero-order valence-corrected chi connectivity index (χ0v) is 18.6. The zero-order valence-electron chi connectivity index (χ0n) is 17.8. The first-order valence-corrected chi connectivity index (χ1v) is 10.9. The van der Waals surface area contributed by atoms with Crippen LogP contribution in [0.4, 0.5) is 0 Å². The third-order valence-electron chi connectivity index (χ3n) is 4.91. The number of morpholine rings is 1. The molecule has 2 rings (SSSR count). The van der Waals surface area contributed by atoms with Crippen LogP contribution >= 0.6 is 11.3 Å². The number of nitrogens with one attached hydrogen (secondary N) is 2. The third-order valence-corrected chi connectivity index (χ3v) is 5.89. The van der Waals surface area contributed by atoms with Gasteiger partial charge in [-0.2, -0.15) is 0 Å². The topological polar surface area (TPSA) is 69.2 Å². The lowest BCUT2D eigenvalue weighted by Gasteiger charge is -2.37. The fraction of sp³-hybridized carbons (Fsp3) is 0.700. The van der Waals surface area contributed by atoms with Crippen LogP contribution in [0.25, 0.3) is 0 Å². The summed E-state index contributed by atoms with van der Waals surface area (Å²) in [4.78, 5) is 21.8. The molecular formula is C20H35N5O2S. The fourth-order valence-corrected chi connectivity index (χ4v) is 3.85. The lowest BCUT2D eigenvalue weighted by Crippen LogP contribution is -2.49. The van der Waals surface area contributed by atoms with Gasteiger partial charge in [0.25, 0.3) is 0 Å². The number of carbonyl (C=O) groups is 1. The summed E-state index contributed by atoms with van der Waals surface area (Å²) in [6.45, 7) is 9.81. The maximum Gasteiger partial charge on any atom is 0.243 e. The molecule has 1 aliphatic heterocycles. The predicted molar refractivity (Wildman–Crippen MR) is 116 cm³/mol. The first-order chi connectivity index (χ1) is 13.4. The third kappa shape index (κ3) is 7.07. The number of guanidine groups is 1. The van der Waals surface area contributed by atoms with Crippen molar-refractivity contribution in [2.45, 2.75) is 45.4 Å². The van der Waals surface area contributed by atoms with Crippen LogP contribution in [-0.2, 0) is 9.53 Å². The molecule has 7 nitrogen and oxygen atoms in total. The van der Waals surface area contributed by atoms with Crippen LogP contribution in [0.2, 0.25) is 0 Å². The highest BCUT2D eigenvalue weighted by Gasteiger charge is 2.26. The summed E-state index contributed by atoms with van der Waals surface area (Å²) >= 11 is 1.77. The van der Waals surface area contributed by atoms with Gasteiger partial charge in [-0.15, -0.1) is 11.3 Å². The number of nitrogens with zero attached hydrogens (tertiary/aromatic N) is 3. The maximum absolute atomic E-state index is 12.0. The van der Waals surface area contributed by atoms with E-state index in [9.17, 15) is 4.79 Å².